The molecule has 0 bridgehead atoms. The van der Waals surface area contributed by atoms with Crippen LogP contribution in [0.4, 0.5) is 0 Å². The molecule has 3 rings (SSSR count). The van der Waals surface area contributed by atoms with Gasteiger partial charge in [0, 0.05) is 26.2 Å². The molecule has 0 aromatic carbocycles. The summed E-state index contributed by atoms with van der Waals surface area (Å²) in [4.78, 5) is 0. The molecule has 28 heavy (non-hydrogen) atoms. The van der Waals surface area contributed by atoms with Crippen LogP contribution in [0.1, 0.15) is 0 Å². The molecular formula is C12H36N10P6. The summed E-state index contributed by atoms with van der Waals surface area (Å²) in [6, 6.07) is 0. The van der Waals surface area contributed by atoms with Crippen molar-refractivity contribution in [2.45, 2.75) is 0 Å². The second-order valence-electron chi connectivity index (χ2n) is 8.72. The highest BCUT2D eigenvalue weighted by molar-refractivity contribution is 7.86. The van der Waals surface area contributed by atoms with Gasteiger partial charge in [-0.3, -0.25) is 20.3 Å². The lowest BCUT2D eigenvalue weighted by atomic mass is 10.7. The van der Waals surface area contributed by atoms with Crippen LogP contribution in [0.5, 0.6) is 0 Å². The Morgan fingerprint density at radius 1 is 0.393 bits per heavy atom. The second kappa shape index (κ2) is 7.97. The van der Waals surface area contributed by atoms with Crippen LogP contribution >= 0.6 is 43.8 Å². The number of rotatable bonds is 0. The fourth-order valence-corrected chi connectivity index (χ4v) is 29.1. The van der Waals surface area contributed by atoms with Crippen LogP contribution in [0, 0.1) is 0 Å². The van der Waals surface area contributed by atoms with Gasteiger partial charge in [0.25, 0.3) is 0 Å². The molecule has 3 aliphatic rings. The van der Waals surface area contributed by atoms with Crippen molar-refractivity contribution in [3.8, 4) is 0 Å². The Hall–Kier alpha value is 1.22. The highest BCUT2D eigenvalue weighted by Gasteiger charge is 2.31. The van der Waals surface area contributed by atoms with E-state index in [0.717, 1.165) is 26.2 Å². The van der Waals surface area contributed by atoms with E-state index in [2.05, 4.69) is 73.7 Å². The van der Waals surface area contributed by atoms with Crippen LogP contribution in [-0.4, -0.2) is 79.5 Å². The molecule has 0 aliphatic carbocycles. The van der Waals surface area contributed by atoms with Gasteiger partial charge in [0.15, 0.2) is 0 Å². The third-order valence-electron chi connectivity index (χ3n) is 3.85. The van der Waals surface area contributed by atoms with E-state index >= 15 is 0 Å². The average Bonchev–Trinajstić information content (AvgIpc) is 2.42. The summed E-state index contributed by atoms with van der Waals surface area (Å²) in [7, 11) is -10.9. The van der Waals surface area contributed by atoms with Gasteiger partial charge in [0.1, 0.15) is 0 Å². The number of hydrogen-bond acceptors (Lipinski definition) is 10. The van der Waals surface area contributed by atoms with E-state index in [1.807, 2.05) is 0 Å². The highest BCUT2D eigenvalue weighted by Crippen LogP contribution is 2.72. The summed E-state index contributed by atoms with van der Waals surface area (Å²) in [6.45, 7) is 20.6. The van der Waals surface area contributed by atoms with Crippen LogP contribution in [0.25, 0.3) is 0 Å². The fraction of sp³-hybridized carbons (Fsp3) is 1.00. The number of nitrogens with one attached hydrogen (secondary N) is 4. The molecule has 0 amide bonds. The molecule has 3 heterocycles. The quantitative estimate of drug-likeness (QED) is 0.311. The van der Waals surface area contributed by atoms with Crippen molar-refractivity contribution in [2.75, 3.05) is 79.5 Å². The monoisotopic (exact) mass is 506 g/mol. The topological polar surface area (TPSA) is 122 Å². The molecule has 16 heteroatoms. The van der Waals surface area contributed by atoms with Crippen molar-refractivity contribution >= 4 is 43.8 Å². The summed E-state index contributed by atoms with van der Waals surface area (Å²) in [5.41, 5.74) is 0. The summed E-state index contributed by atoms with van der Waals surface area (Å²) in [6.07, 6.45) is 0. The van der Waals surface area contributed by atoms with Crippen molar-refractivity contribution < 1.29 is 0 Å². The molecule has 1 fully saturated rings. The minimum Gasteiger partial charge on any atom is -0.252 e. The molecule has 0 radical (unpaired) electrons. The maximum Gasteiger partial charge on any atom is 0.211 e. The van der Waals surface area contributed by atoms with E-state index in [1.165, 1.54) is 0 Å². The molecule has 0 aromatic heterocycles. The van der Waals surface area contributed by atoms with E-state index in [9.17, 15) is 0 Å². The molecular weight excluding hydrogens is 470 g/mol. The average molecular weight is 506 g/mol. The number of nitrogens with zero attached hydrogens (tertiary/aromatic N) is 6. The summed E-state index contributed by atoms with van der Waals surface area (Å²) < 4.78 is 30.4. The Kier molecular flexibility index (Phi) is 6.80. The van der Waals surface area contributed by atoms with Crippen LogP contribution in [0.3, 0.4) is 0 Å². The zero-order chi connectivity index (χ0) is 20.9. The van der Waals surface area contributed by atoms with Crippen molar-refractivity contribution in [3.05, 3.63) is 0 Å². The van der Waals surface area contributed by atoms with Crippen molar-refractivity contribution in [2.24, 2.45) is 27.1 Å². The van der Waals surface area contributed by atoms with Gasteiger partial charge in [-0.15, -0.1) is 0 Å². The summed E-state index contributed by atoms with van der Waals surface area (Å²) in [5.74, 6) is 0. The molecule has 0 saturated carbocycles. The van der Waals surface area contributed by atoms with Gasteiger partial charge in [0.2, 0.25) is 15.0 Å². The molecule has 1 saturated heterocycles. The van der Waals surface area contributed by atoms with Gasteiger partial charge >= 0.3 is 0 Å². The second-order valence-corrected chi connectivity index (χ2v) is 27.4. The van der Waals surface area contributed by atoms with Crippen LogP contribution in [0.15, 0.2) is 27.1 Å². The van der Waals surface area contributed by atoms with Crippen molar-refractivity contribution in [1.29, 1.82) is 0 Å². The standard InChI is InChI=1S/C12H36N10P6/c1-23(2)17-24(3,4)20-27(19-23)13-9-11-15-28(16-12-10-14-27)21-25(5,6)18-26(7,8)22-28/h13-16H,9-12H2,1-8H3. The van der Waals surface area contributed by atoms with Crippen LogP contribution in [0.2, 0.25) is 0 Å². The Morgan fingerprint density at radius 2 is 0.643 bits per heavy atom. The summed E-state index contributed by atoms with van der Waals surface area (Å²) >= 11 is 0. The first-order valence-electron chi connectivity index (χ1n) is 9.29. The first-order valence-corrected chi connectivity index (χ1v) is 23.0. The Morgan fingerprint density at radius 3 is 0.893 bits per heavy atom. The number of hydrogen-bond donors (Lipinski definition) is 4. The maximum absolute atomic E-state index is 5.12. The molecule has 3 aliphatic heterocycles. The zero-order valence-electron chi connectivity index (χ0n) is 18.2. The lowest BCUT2D eigenvalue weighted by molar-refractivity contribution is 0.770. The van der Waals surface area contributed by atoms with Crippen LogP contribution < -0.4 is 20.3 Å². The third kappa shape index (κ3) is 6.14. The Bertz CT molecular complexity index is 867. The largest absolute Gasteiger partial charge is 0.252 e. The van der Waals surface area contributed by atoms with Gasteiger partial charge in [-0.25, -0.2) is 27.1 Å². The smallest absolute Gasteiger partial charge is 0.211 e. The van der Waals surface area contributed by atoms with E-state index in [4.69, 9.17) is 27.1 Å². The van der Waals surface area contributed by atoms with E-state index < -0.39 is 43.8 Å². The lowest BCUT2D eigenvalue weighted by Crippen LogP contribution is -2.36. The zero-order valence-corrected chi connectivity index (χ0v) is 23.6. The van der Waals surface area contributed by atoms with Gasteiger partial charge in [-0.05, 0) is 53.3 Å². The van der Waals surface area contributed by atoms with E-state index in [-0.39, 0.29) is 0 Å². The molecule has 4 N–H and O–H groups in total. The first kappa shape index (κ1) is 23.9. The molecule has 0 unspecified atom stereocenters. The highest BCUT2D eigenvalue weighted by atomic mass is 31.3. The van der Waals surface area contributed by atoms with Crippen molar-refractivity contribution in [1.82, 2.24) is 20.3 Å². The predicted octanol–water partition coefficient (Wildman–Crippen LogP) is 5.78. The first-order chi connectivity index (χ1) is 12.7. The SMILES string of the molecule is CP1(C)=NP(C)(C)=NP2(=N1)NCCNP1(=NP(C)(C)=NP(C)(C)=N1)NCCN2. The van der Waals surface area contributed by atoms with Gasteiger partial charge < -0.3 is 0 Å². The Labute approximate surface area is 170 Å². The fourth-order valence-electron chi connectivity index (χ4n) is 3.66. The Balaban J connectivity index is 1.91. The molecule has 0 atom stereocenters. The normalized spacial score (nSPS) is 31.7. The van der Waals surface area contributed by atoms with E-state index in [1.54, 1.807) is 0 Å². The predicted molar refractivity (Wildman–Crippen MR) is 135 cm³/mol. The van der Waals surface area contributed by atoms with Gasteiger partial charge in [-0.2, -0.15) is 0 Å². The van der Waals surface area contributed by atoms with Crippen LogP contribution in [-0.2, 0) is 0 Å². The summed E-state index contributed by atoms with van der Waals surface area (Å²) in [5, 5.41) is 14.7. The molecule has 10 nitrogen and oxygen atoms in total. The maximum atomic E-state index is 5.12. The third-order valence-corrected chi connectivity index (χ3v) is 24.7. The minimum atomic E-state index is -2.13. The lowest BCUT2D eigenvalue weighted by Gasteiger charge is -2.35. The molecule has 0 aromatic rings. The minimum absolute atomic E-state index is 0.775. The molecule has 2 spiro atoms. The van der Waals surface area contributed by atoms with Crippen molar-refractivity contribution in [3.63, 3.8) is 0 Å². The van der Waals surface area contributed by atoms with E-state index in [0.29, 0.717) is 0 Å². The van der Waals surface area contributed by atoms with Gasteiger partial charge in [-0.1, -0.05) is 0 Å². The molecule has 164 valence electrons. The van der Waals surface area contributed by atoms with Gasteiger partial charge in [0.05, 0.1) is 28.8 Å².